The molecule has 27 heavy (non-hydrogen) atoms. The van der Waals surface area contributed by atoms with Gasteiger partial charge in [0, 0.05) is 11.3 Å². The summed E-state index contributed by atoms with van der Waals surface area (Å²) in [6.07, 6.45) is 13.5. The molecule has 2 heteroatoms. The van der Waals surface area contributed by atoms with E-state index in [0.717, 1.165) is 18.3 Å². The first-order chi connectivity index (χ1) is 13.0. The minimum absolute atomic E-state index is 0.0459. The predicted octanol–water partition coefficient (Wildman–Crippen LogP) is 6.71. The molecular formula is C25H34OS. The Labute approximate surface area is 168 Å². The fourth-order valence-electron chi connectivity index (χ4n) is 7.69. The maximum Gasteiger partial charge on any atom is 0.0633 e. The second kappa shape index (κ2) is 6.32. The SMILES string of the molecule is CC(C1=CC[C@H]2[C@@H]3CC=C4CCCC(O)[C@]4(C)[C@H]3CC[C@]12C)c1ccsc1. The van der Waals surface area contributed by atoms with Gasteiger partial charge in [-0.1, -0.05) is 44.1 Å². The zero-order chi connectivity index (χ0) is 18.8. The van der Waals surface area contributed by atoms with E-state index in [0.29, 0.717) is 17.3 Å². The molecule has 2 saturated carbocycles. The Hall–Kier alpha value is -0.860. The summed E-state index contributed by atoms with van der Waals surface area (Å²) in [5.41, 5.74) is 5.18. The first-order valence-corrected chi connectivity index (χ1v) is 12.0. The molecule has 5 rings (SSSR count). The van der Waals surface area contributed by atoms with Crippen LogP contribution in [0.1, 0.15) is 77.2 Å². The lowest BCUT2D eigenvalue weighted by atomic mass is 9.46. The van der Waals surface area contributed by atoms with Crippen LogP contribution >= 0.6 is 11.3 Å². The van der Waals surface area contributed by atoms with E-state index >= 15 is 0 Å². The Balaban J connectivity index is 1.47. The summed E-state index contributed by atoms with van der Waals surface area (Å²) >= 11 is 1.82. The van der Waals surface area contributed by atoms with Crippen molar-refractivity contribution in [3.05, 3.63) is 45.7 Å². The average molecular weight is 383 g/mol. The van der Waals surface area contributed by atoms with Crippen LogP contribution in [0.3, 0.4) is 0 Å². The first kappa shape index (κ1) is 18.2. The van der Waals surface area contributed by atoms with Crippen molar-refractivity contribution in [2.45, 2.75) is 77.7 Å². The van der Waals surface area contributed by atoms with Crippen LogP contribution in [-0.2, 0) is 0 Å². The lowest BCUT2D eigenvalue weighted by Crippen LogP contribution is -2.53. The van der Waals surface area contributed by atoms with Gasteiger partial charge in [-0.3, -0.25) is 0 Å². The van der Waals surface area contributed by atoms with Crippen LogP contribution in [0.4, 0.5) is 0 Å². The Morgan fingerprint density at radius 2 is 2.00 bits per heavy atom. The number of rotatable bonds is 2. The largest absolute Gasteiger partial charge is 0.392 e. The third-order valence-electron chi connectivity index (χ3n) is 9.30. The zero-order valence-corrected chi connectivity index (χ0v) is 17.9. The van der Waals surface area contributed by atoms with E-state index in [-0.39, 0.29) is 11.5 Å². The Kier molecular flexibility index (Phi) is 4.26. The Morgan fingerprint density at radius 3 is 2.78 bits per heavy atom. The molecular weight excluding hydrogens is 348 g/mol. The highest BCUT2D eigenvalue weighted by molar-refractivity contribution is 7.08. The zero-order valence-electron chi connectivity index (χ0n) is 17.1. The van der Waals surface area contributed by atoms with Crippen molar-refractivity contribution >= 4 is 11.3 Å². The van der Waals surface area contributed by atoms with Crippen LogP contribution in [-0.4, -0.2) is 11.2 Å². The van der Waals surface area contributed by atoms with Gasteiger partial charge in [0.05, 0.1) is 6.10 Å². The third-order valence-corrected chi connectivity index (χ3v) is 10.0. The van der Waals surface area contributed by atoms with Crippen LogP contribution in [0.15, 0.2) is 40.1 Å². The normalized spacial score (nSPS) is 44.6. The summed E-state index contributed by atoms with van der Waals surface area (Å²) in [4.78, 5) is 0. The van der Waals surface area contributed by atoms with Crippen LogP contribution < -0.4 is 0 Å². The molecule has 1 aromatic rings. The smallest absolute Gasteiger partial charge is 0.0633 e. The van der Waals surface area contributed by atoms with Crippen LogP contribution in [0.5, 0.6) is 0 Å². The number of aliphatic hydroxyl groups excluding tert-OH is 1. The molecule has 2 fully saturated rings. The number of fused-ring (bicyclic) bond motifs is 5. The number of thiophene rings is 1. The van der Waals surface area contributed by atoms with E-state index in [1.807, 2.05) is 11.3 Å². The summed E-state index contributed by atoms with van der Waals surface area (Å²) in [6, 6.07) is 2.31. The van der Waals surface area contributed by atoms with E-state index in [4.69, 9.17) is 0 Å². The molecule has 2 unspecified atom stereocenters. The van der Waals surface area contributed by atoms with Gasteiger partial charge in [0.2, 0.25) is 0 Å². The second-order valence-corrected chi connectivity index (χ2v) is 10.9. The van der Waals surface area contributed by atoms with Crippen molar-refractivity contribution in [3.8, 4) is 0 Å². The molecule has 0 saturated heterocycles. The molecule has 1 heterocycles. The quantitative estimate of drug-likeness (QED) is 0.563. The van der Waals surface area contributed by atoms with Crippen molar-refractivity contribution in [3.63, 3.8) is 0 Å². The summed E-state index contributed by atoms with van der Waals surface area (Å²) in [7, 11) is 0. The highest BCUT2D eigenvalue weighted by Crippen LogP contribution is 2.66. The van der Waals surface area contributed by atoms with Crippen LogP contribution in [0, 0.1) is 28.6 Å². The average Bonchev–Trinajstić information content (AvgIpc) is 3.30. The molecule has 1 nitrogen and oxygen atoms in total. The minimum atomic E-state index is -0.131. The van der Waals surface area contributed by atoms with Gasteiger partial charge in [0.15, 0.2) is 0 Å². The third kappa shape index (κ3) is 2.45. The minimum Gasteiger partial charge on any atom is -0.392 e. The van der Waals surface area contributed by atoms with Gasteiger partial charge in [0.1, 0.15) is 0 Å². The molecule has 1 aromatic heterocycles. The van der Waals surface area contributed by atoms with Gasteiger partial charge in [-0.2, -0.15) is 11.3 Å². The van der Waals surface area contributed by atoms with E-state index < -0.39 is 0 Å². The van der Waals surface area contributed by atoms with Gasteiger partial charge in [-0.25, -0.2) is 0 Å². The molecule has 0 bridgehead atoms. The fraction of sp³-hybridized carbons (Fsp3) is 0.680. The molecule has 0 spiro atoms. The molecule has 146 valence electrons. The molecule has 4 aliphatic rings. The number of allylic oxidation sites excluding steroid dienone is 3. The van der Waals surface area contributed by atoms with Gasteiger partial charge >= 0.3 is 0 Å². The monoisotopic (exact) mass is 382 g/mol. The second-order valence-electron chi connectivity index (χ2n) is 10.2. The molecule has 7 atom stereocenters. The van der Waals surface area contributed by atoms with Crippen molar-refractivity contribution in [1.82, 2.24) is 0 Å². The summed E-state index contributed by atoms with van der Waals surface area (Å²) in [5.74, 6) is 2.73. The molecule has 4 aliphatic carbocycles. The first-order valence-electron chi connectivity index (χ1n) is 11.1. The van der Waals surface area contributed by atoms with Crippen molar-refractivity contribution in [2.24, 2.45) is 28.6 Å². The molecule has 0 radical (unpaired) electrons. The highest BCUT2D eigenvalue weighted by Gasteiger charge is 2.58. The van der Waals surface area contributed by atoms with Crippen LogP contribution in [0.25, 0.3) is 0 Å². The number of hydrogen-bond donors (Lipinski definition) is 1. The molecule has 0 aromatic carbocycles. The van der Waals surface area contributed by atoms with Crippen molar-refractivity contribution < 1.29 is 5.11 Å². The topological polar surface area (TPSA) is 20.2 Å². The summed E-state index contributed by atoms with van der Waals surface area (Å²) in [5, 5.41) is 15.6. The van der Waals surface area contributed by atoms with Gasteiger partial charge < -0.3 is 5.11 Å². The molecule has 1 N–H and O–H groups in total. The van der Waals surface area contributed by atoms with E-state index in [1.54, 1.807) is 11.1 Å². The number of hydrogen-bond acceptors (Lipinski definition) is 2. The van der Waals surface area contributed by atoms with Gasteiger partial charge in [-0.15, -0.1) is 0 Å². The van der Waals surface area contributed by atoms with E-state index in [2.05, 4.69) is 49.7 Å². The maximum absolute atomic E-state index is 11.0. The van der Waals surface area contributed by atoms with Gasteiger partial charge in [-0.05, 0) is 90.5 Å². The summed E-state index contributed by atoms with van der Waals surface area (Å²) in [6.45, 7) is 7.38. The van der Waals surface area contributed by atoms with Crippen LogP contribution in [0.2, 0.25) is 0 Å². The Bertz CT molecular complexity index is 774. The van der Waals surface area contributed by atoms with Crippen molar-refractivity contribution in [2.75, 3.05) is 0 Å². The highest BCUT2D eigenvalue weighted by atomic mass is 32.1. The van der Waals surface area contributed by atoms with E-state index in [1.165, 1.54) is 44.1 Å². The summed E-state index contributed by atoms with van der Waals surface area (Å²) < 4.78 is 0. The Morgan fingerprint density at radius 1 is 1.15 bits per heavy atom. The predicted molar refractivity (Wildman–Crippen MR) is 114 cm³/mol. The fourth-order valence-corrected chi connectivity index (χ4v) is 8.44. The van der Waals surface area contributed by atoms with Crippen molar-refractivity contribution in [1.29, 1.82) is 0 Å². The number of aliphatic hydroxyl groups is 1. The molecule has 0 amide bonds. The maximum atomic E-state index is 11.0. The lowest BCUT2D eigenvalue weighted by molar-refractivity contribution is -0.0782. The lowest BCUT2D eigenvalue weighted by Gasteiger charge is -2.59. The van der Waals surface area contributed by atoms with Gasteiger partial charge in [0.25, 0.3) is 0 Å². The van der Waals surface area contributed by atoms with E-state index in [9.17, 15) is 5.11 Å². The standard InChI is InChI=1S/C25H34OS/c1-16(17-12-14-27-15-17)20-9-10-21-19-8-7-18-5-4-6-23(26)25(18,3)22(19)11-13-24(20,21)2/h7,9,12,14-16,19,21-23,26H,4-6,8,10-11,13H2,1-3H3/t16?,19-,21-,22-,23?,24+,25-/m0/s1. The molecule has 0 aliphatic heterocycles.